The number of hydrogen-bond acceptors (Lipinski definition) is 6. The molecule has 3 amide bonds. The van der Waals surface area contributed by atoms with Crippen LogP contribution in [0, 0.1) is 23.7 Å². The molecule has 2 saturated carbocycles. The maximum atomic E-state index is 12.8. The van der Waals surface area contributed by atoms with Crippen molar-refractivity contribution in [2.45, 2.75) is 32.2 Å². The molecule has 2 bridgehead atoms. The highest BCUT2D eigenvalue weighted by Crippen LogP contribution is 2.56. The number of likely N-dealkylation sites (tertiary alicyclic amines) is 1. The summed E-state index contributed by atoms with van der Waals surface area (Å²) >= 11 is 5.93. The molecule has 1 heterocycles. The molecule has 9 heteroatoms. The second-order valence-electron chi connectivity index (χ2n) is 8.11. The van der Waals surface area contributed by atoms with Crippen LogP contribution in [0.4, 0.5) is 5.69 Å². The summed E-state index contributed by atoms with van der Waals surface area (Å²) < 4.78 is 10.2. The van der Waals surface area contributed by atoms with E-state index >= 15 is 0 Å². The zero-order valence-electron chi connectivity index (χ0n) is 16.7. The minimum Gasteiger partial charge on any atom is -0.495 e. The van der Waals surface area contributed by atoms with Crippen LogP contribution < -0.4 is 10.1 Å². The number of hydrogen-bond donors (Lipinski definition) is 1. The maximum absolute atomic E-state index is 12.8. The molecule has 0 radical (unpaired) electrons. The van der Waals surface area contributed by atoms with E-state index in [1.54, 1.807) is 12.1 Å². The van der Waals surface area contributed by atoms with E-state index in [2.05, 4.69) is 5.32 Å². The Morgan fingerprint density at radius 1 is 1.20 bits per heavy atom. The Labute approximate surface area is 178 Å². The van der Waals surface area contributed by atoms with E-state index in [0.29, 0.717) is 16.5 Å². The molecule has 3 fully saturated rings. The number of fused-ring (bicyclic) bond motifs is 5. The highest BCUT2D eigenvalue weighted by atomic mass is 35.5. The Bertz CT molecular complexity index is 891. The normalized spacial score (nSPS) is 27.8. The third-order valence-corrected chi connectivity index (χ3v) is 6.71. The van der Waals surface area contributed by atoms with Gasteiger partial charge in [0.15, 0.2) is 6.61 Å². The Kier molecular flexibility index (Phi) is 5.44. The number of anilines is 1. The molecule has 30 heavy (non-hydrogen) atoms. The van der Waals surface area contributed by atoms with Crippen molar-refractivity contribution in [1.82, 2.24) is 4.90 Å². The van der Waals surface area contributed by atoms with Crippen LogP contribution in [0.3, 0.4) is 0 Å². The van der Waals surface area contributed by atoms with E-state index < -0.39 is 24.5 Å². The third kappa shape index (κ3) is 3.43. The number of halogens is 1. The number of imide groups is 1. The Morgan fingerprint density at radius 2 is 1.83 bits per heavy atom. The van der Waals surface area contributed by atoms with Gasteiger partial charge in [0.05, 0.1) is 24.6 Å². The van der Waals surface area contributed by atoms with Crippen LogP contribution >= 0.6 is 11.6 Å². The number of methoxy groups -OCH3 is 1. The first-order valence-corrected chi connectivity index (χ1v) is 10.4. The molecule has 5 atom stereocenters. The van der Waals surface area contributed by atoms with Crippen molar-refractivity contribution in [3.8, 4) is 5.75 Å². The maximum Gasteiger partial charge on any atom is 0.329 e. The molecule has 1 N–H and O–H groups in total. The summed E-state index contributed by atoms with van der Waals surface area (Å²) in [5.74, 6) is -1.67. The van der Waals surface area contributed by atoms with Crippen molar-refractivity contribution in [3.05, 3.63) is 23.2 Å². The van der Waals surface area contributed by atoms with Gasteiger partial charge in [0.1, 0.15) is 11.8 Å². The fourth-order valence-electron chi connectivity index (χ4n) is 5.14. The lowest BCUT2D eigenvalue weighted by atomic mass is 9.81. The van der Waals surface area contributed by atoms with Gasteiger partial charge in [-0.25, -0.2) is 4.79 Å². The minimum atomic E-state index is -1.07. The van der Waals surface area contributed by atoms with E-state index in [9.17, 15) is 19.2 Å². The second kappa shape index (κ2) is 7.91. The van der Waals surface area contributed by atoms with Gasteiger partial charge in [-0.1, -0.05) is 11.6 Å². The fraction of sp³-hybridized carbons (Fsp3) is 0.524. The van der Waals surface area contributed by atoms with Crippen LogP contribution in [-0.2, 0) is 23.9 Å². The van der Waals surface area contributed by atoms with E-state index in [1.165, 1.54) is 20.1 Å². The van der Waals surface area contributed by atoms with Gasteiger partial charge in [-0.2, -0.15) is 0 Å². The van der Waals surface area contributed by atoms with Gasteiger partial charge >= 0.3 is 5.97 Å². The Morgan fingerprint density at radius 3 is 2.43 bits per heavy atom. The summed E-state index contributed by atoms with van der Waals surface area (Å²) in [6.45, 7) is 0.895. The van der Waals surface area contributed by atoms with E-state index in [0.717, 1.165) is 24.2 Å². The van der Waals surface area contributed by atoms with Gasteiger partial charge < -0.3 is 14.8 Å². The van der Waals surface area contributed by atoms with Crippen LogP contribution in [0.25, 0.3) is 0 Å². The molecule has 3 aliphatic rings. The topological polar surface area (TPSA) is 102 Å². The average molecular weight is 435 g/mol. The zero-order valence-corrected chi connectivity index (χ0v) is 17.5. The summed E-state index contributed by atoms with van der Waals surface area (Å²) in [5, 5.41) is 2.97. The number of carbonyl (C=O) groups excluding carboxylic acids is 4. The number of carbonyl (C=O) groups is 4. The number of ether oxygens (including phenoxy) is 2. The van der Waals surface area contributed by atoms with Crippen LogP contribution in [0.5, 0.6) is 5.75 Å². The third-order valence-electron chi connectivity index (χ3n) is 6.47. The van der Waals surface area contributed by atoms with E-state index in [1.807, 2.05) is 0 Å². The molecular weight excluding hydrogens is 412 g/mol. The van der Waals surface area contributed by atoms with Crippen LogP contribution in [0.1, 0.15) is 26.2 Å². The van der Waals surface area contributed by atoms with Gasteiger partial charge in [0, 0.05) is 5.02 Å². The molecule has 0 spiro atoms. The van der Waals surface area contributed by atoms with Gasteiger partial charge in [-0.3, -0.25) is 19.3 Å². The first-order chi connectivity index (χ1) is 14.3. The van der Waals surface area contributed by atoms with Gasteiger partial charge in [-0.05, 0) is 56.2 Å². The highest BCUT2D eigenvalue weighted by molar-refractivity contribution is 6.31. The van der Waals surface area contributed by atoms with Crippen molar-refractivity contribution in [1.29, 1.82) is 0 Å². The Hall–Kier alpha value is -2.61. The van der Waals surface area contributed by atoms with Gasteiger partial charge in [0.2, 0.25) is 11.8 Å². The number of esters is 1. The molecule has 8 nitrogen and oxygen atoms in total. The summed E-state index contributed by atoms with van der Waals surface area (Å²) in [7, 11) is 1.45. The number of amides is 3. The predicted octanol–water partition coefficient (Wildman–Crippen LogP) is 2.25. The molecule has 1 aromatic carbocycles. The number of rotatable bonds is 6. The van der Waals surface area contributed by atoms with Crippen LogP contribution in [-0.4, -0.2) is 48.3 Å². The Balaban J connectivity index is 1.35. The quantitative estimate of drug-likeness (QED) is 0.544. The molecular formula is C21H23ClN2O6. The van der Waals surface area contributed by atoms with Gasteiger partial charge in [-0.15, -0.1) is 0 Å². The minimum absolute atomic E-state index is 0.239. The SMILES string of the molecule is COc1ccc(Cl)cc1NC(=O)COC(=O)[C@H](C)N1C(=O)[C@H]2[C@H]3CC[C@@H](C3)[C@@H]2C1=O. The zero-order chi connectivity index (χ0) is 21.6. The van der Waals surface area contributed by atoms with Crippen LogP contribution in [0.2, 0.25) is 5.02 Å². The number of nitrogens with one attached hydrogen (secondary N) is 1. The van der Waals surface area contributed by atoms with Crippen molar-refractivity contribution < 1.29 is 28.7 Å². The average Bonchev–Trinajstić information content (AvgIpc) is 3.39. The van der Waals surface area contributed by atoms with E-state index in [-0.39, 0.29) is 35.5 Å². The first-order valence-electron chi connectivity index (χ1n) is 9.98. The van der Waals surface area contributed by atoms with Crippen molar-refractivity contribution in [2.75, 3.05) is 19.0 Å². The summed E-state index contributed by atoms with van der Waals surface area (Å²) in [5.41, 5.74) is 0.340. The second-order valence-corrected chi connectivity index (χ2v) is 8.54. The first kappa shape index (κ1) is 20.7. The molecule has 1 aromatic rings. The molecule has 0 unspecified atom stereocenters. The van der Waals surface area contributed by atoms with Crippen molar-refractivity contribution >= 4 is 41.0 Å². The molecule has 1 aliphatic heterocycles. The number of benzene rings is 1. The standard InChI is InChI=1S/C21H23ClN2O6/c1-10(24-19(26)17-11-3-4-12(7-11)18(17)20(24)27)21(28)30-9-16(25)23-14-8-13(22)5-6-15(14)29-2/h5-6,8,10-12,17-18H,3-4,7,9H2,1-2H3,(H,23,25)/t10-,11-,12-,17-,18-/m0/s1. The lowest BCUT2D eigenvalue weighted by Crippen LogP contribution is -2.45. The van der Waals surface area contributed by atoms with Crippen molar-refractivity contribution in [2.24, 2.45) is 23.7 Å². The number of nitrogens with zero attached hydrogens (tertiary/aromatic N) is 1. The summed E-state index contributed by atoms with van der Waals surface area (Å²) in [6, 6.07) is 3.66. The lowest BCUT2D eigenvalue weighted by molar-refractivity contribution is -0.159. The molecule has 4 rings (SSSR count). The summed E-state index contributed by atoms with van der Waals surface area (Å²) in [4.78, 5) is 51.3. The predicted molar refractivity (Wildman–Crippen MR) is 107 cm³/mol. The molecule has 1 saturated heterocycles. The fourth-order valence-corrected chi connectivity index (χ4v) is 5.31. The molecule has 160 valence electrons. The largest absolute Gasteiger partial charge is 0.495 e. The smallest absolute Gasteiger partial charge is 0.329 e. The highest BCUT2D eigenvalue weighted by Gasteiger charge is 2.62. The van der Waals surface area contributed by atoms with Gasteiger partial charge in [0.25, 0.3) is 5.91 Å². The van der Waals surface area contributed by atoms with Crippen molar-refractivity contribution in [3.63, 3.8) is 0 Å². The summed E-state index contributed by atoms with van der Waals surface area (Å²) in [6.07, 6.45) is 2.85. The van der Waals surface area contributed by atoms with E-state index in [4.69, 9.17) is 21.1 Å². The molecule has 0 aromatic heterocycles. The monoisotopic (exact) mass is 434 g/mol. The van der Waals surface area contributed by atoms with Crippen LogP contribution in [0.15, 0.2) is 18.2 Å². The molecule has 2 aliphatic carbocycles. The lowest BCUT2D eigenvalue weighted by Gasteiger charge is -2.23.